The number of anilines is 1. The van der Waals surface area contributed by atoms with Crippen LogP contribution in [0.3, 0.4) is 0 Å². The molecule has 0 aromatic heterocycles. The molecule has 0 aliphatic rings. The van der Waals surface area contributed by atoms with Crippen LogP contribution in [0.15, 0.2) is 53.4 Å². The van der Waals surface area contributed by atoms with E-state index in [1.807, 2.05) is 54.8 Å². The summed E-state index contributed by atoms with van der Waals surface area (Å²) in [4.78, 5) is 15.5. The number of nitrogens with zero attached hydrogens (tertiary/aromatic N) is 1. The number of carbonyl (C=O) groups is 1. The van der Waals surface area contributed by atoms with Crippen LogP contribution >= 0.6 is 24.0 Å². The molecule has 2 aromatic carbocycles. The molecule has 0 unspecified atom stereocenters. The maximum absolute atomic E-state index is 12.7. The number of rotatable bonds is 4. The first-order valence-corrected chi connectivity index (χ1v) is 7.99. The molecule has 0 radical (unpaired) electrons. The van der Waals surface area contributed by atoms with E-state index >= 15 is 0 Å². The Kier molecular flexibility index (Phi) is 4.98. The Hall–Kier alpha value is -1.85. The van der Waals surface area contributed by atoms with E-state index in [9.17, 15) is 4.79 Å². The van der Waals surface area contributed by atoms with E-state index in [4.69, 9.17) is 18.0 Å². The Labute approximate surface area is 134 Å². The predicted octanol–water partition coefficient (Wildman–Crippen LogP) is 3.32. The second kappa shape index (κ2) is 6.74. The molecule has 3 nitrogen and oxygen atoms in total. The van der Waals surface area contributed by atoms with Crippen LogP contribution in [0.25, 0.3) is 0 Å². The molecule has 0 saturated carbocycles. The average molecular weight is 316 g/mol. The summed E-state index contributed by atoms with van der Waals surface area (Å²) in [6, 6.07) is 14.9. The van der Waals surface area contributed by atoms with Crippen LogP contribution in [0.1, 0.15) is 15.9 Å². The van der Waals surface area contributed by atoms with Crippen molar-refractivity contribution in [2.75, 3.05) is 18.2 Å². The van der Waals surface area contributed by atoms with Gasteiger partial charge in [-0.3, -0.25) is 4.79 Å². The summed E-state index contributed by atoms with van der Waals surface area (Å²) in [6.45, 7) is 0. The fourth-order valence-corrected chi connectivity index (χ4v) is 2.70. The van der Waals surface area contributed by atoms with Gasteiger partial charge < -0.3 is 10.6 Å². The normalized spacial score (nSPS) is 10.2. The monoisotopic (exact) mass is 316 g/mol. The Morgan fingerprint density at radius 1 is 1.19 bits per heavy atom. The molecule has 0 aliphatic heterocycles. The molecule has 0 saturated heterocycles. The highest BCUT2D eigenvalue weighted by Gasteiger charge is 2.16. The van der Waals surface area contributed by atoms with Gasteiger partial charge in [-0.05, 0) is 30.5 Å². The van der Waals surface area contributed by atoms with Crippen LogP contribution in [-0.2, 0) is 0 Å². The molecule has 0 heterocycles. The first-order valence-electron chi connectivity index (χ1n) is 6.35. The Bertz CT molecular complexity index is 685. The van der Waals surface area contributed by atoms with Gasteiger partial charge in [-0.1, -0.05) is 36.5 Å². The van der Waals surface area contributed by atoms with Gasteiger partial charge in [0.2, 0.25) is 0 Å². The Morgan fingerprint density at radius 2 is 1.90 bits per heavy atom. The van der Waals surface area contributed by atoms with Crippen molar-refractivity contribution < 1.29 is 4.79 Å². The number of thiocarbonyl (C=S) groups is 1. The zero-order valence-electron chi connectivity index (χ0n) is 11.9. The maximum Gasteiger partial charge on any atom is 0.259 e. The van der Waals surface area contributed by atoms with Gasteiger partial charge in [0.1, 0.15) is 4.99 Å². The minimum absolute atomic E-state index is 0.0555. The molecule has 0 atom stereocenters. The standard InChI is InChI=1S/C16H16N2OS2/c1-18(12-7-5-6-11(10-12)15(17)20)16(19)13-8-3-4-9-14(13)21-2/h3-10H,1-2H3,(H2,17,20). The summed E-state index contributed by atoms with van der Waals surface area (Å²) in [6.07, 6.45) is 1.96. The van der Waals surface area contributed by atoms with Crippen LogP contribution in [0, 0.1) is 0 Å². The highest BCUT2D eigenvalue weighted by Crippen LogP contribution is 2.23. The summed E-state index contributed by atoms with van der Waals surface area (Å²) < 4.78 is 0. The molecule has 0 fully saturated rings. The lowest BCUT2D eigenvalue weighted by atomic mass is 10.1. The van der Waals surface area contributed by atoms with Crippen molar-refractivity contribution in [1.29, 1.82) is 0 Å². The molecule has 1 amide bonds. The van der Waals surface area contributed by atoms with Crippen LogP contribution in [0.5, 0.6) is 0 Å². The smallest absolute Gasteiger partial charge is 0.259 e. The van der Waals surface area contributed by atoms with Gasteiger partial charge in [0.25, 0.3) is 5.91 Å². The van der Waals surface area contributed by atoms with Gasteiger partial charge in [0.15, 0.2) is 0 Å². The van der Waals surface area contributed by atoms with Crippen LogP contribution in [-0.4, -0.2) is 24.2 Å². The molecular weight excluding hydrogens is 300 g/mol. The molecule has 5 heteroatoms. The van der Waals surface area contributed by atoms with Gasteiger partial charge in [0, 0.05) is 23.2 Å². The van der Waals surface area contributed by atoms with E-state index in [1.54, 1.807) is 23.7 Å². The Morgan fingerprint density at radius 3 is 2.57 bits per heavy atom. The van der Waals surface area contributed by atoms with Crippen molar-refractivity contribution >= 4 is 40.6 Å². The zero-order valence-corrected chi connectivity index (χ0v) is 13.5. The number of hydrogen-bond donors (Lipinski definition) is 1. The molecule has 0 spiro atoms. The summed E-state index contributed by atoms with van der Waals surface area (Å²) in [5, 5.41) is 0. The SMILES string of the molecule is CSc1ccccc1C(=O)N(C)c1cccc(C(N)=S)c1. The van der Waals surface area contributed by atoms with Crippen molar-refractivity contribution in [2.45, 2.75) is 4.90 Å². The number of hydrogen-bond acceptors (Lipinski definition) is 3. The van der Waals surface area contributed by atoms with Crippen molar-refractivity contribution in [3.05, 3.63) is 59.7 Å². The largest absolute Gasteiger partial charge is 0.389 e. The highest BCUT2D eigenvalue weighted by molar-refractivity contribution is 7.98. The molecule has 108 valence electrons. The van der Waals surface area contributed by atoms with Crippen molar-refractivity contribution in [3.8, 4) is 0 Å². The minimum Gasteiger partial charge on any atom is -0.389 e. The molecule has 2 rings (SSSR count). The van der Waals surface area contributed by atoms with Gasteiger partial charge >= 0.3 is 0 Å². The topological polar surface area (TPSA) is 46.3 Å². The van der Waals surface area contributed by atoms with E-state index in [0.717, 1.165) is 16.1 Å². The molecule has 2 aromatic rings. The number of thioether (sulfide) groups is 1. The van der Waals surface area contributed by atoms with Gasteiger partial charge in [0.05, 0.1) is 5.56 Å². The first-order chi connectivity index (χ1) is 10.0. The summed E-state index contributed by atoms with van der Waals surface area (Å²) in [7, 11) is 1.75. The van der Waals surface area contributed by atoms with Crippen LogP contribution in [0.2, 0.25) is 0 Å². The average Bonchev–Trinajstić information content (AvgIpc) is 2.53. The molecule has 2 N–H and O–H groups in total. The molecule has 21 heavy (non-hydrogen) atoms. The lowest BCUT2D eigenvalue weighted by Crippen LogP contribution is -2.27. The fourth-order valence-electron chi connectivity index (χ4n) is 1.99. The minimum atomic E-state index is -0.0555. The number of carbonyl (C=O) groups excluding carboxylic acids is 1. The van der Waals surface area contributed by atoms with E-state index in [2.05, 4.69) is 0 Å². The lowest BCUT2D eigenvalue weighted by Gasteiger charge is -2.19. The van der Waals surface area contributed by atoms with E-state index in [-0.39, 0.29) is 5.91 Å². The van der Waals surface area contributed by atoms with Gasteiger partial charge in [-0.25, -0.2) is 0 Å². The first kappa shape index (κ1) is 15.5. The quantitative estimate of drug-likeness (QED) is 0.694. The van der Waals surface area contributed by atoms with E-state index in [1.165, 1.54) is 0 Å². The van der Waals surface area contributed by atoms with E-state index < -0.39 is 0 Å². The van der Waals surface area contributed by atoms with Crippen molar-refractivity contribution in [3.63, 3.8) is 0 Å². The van der Waals surface area contributed by atoms with Gasteiger partial charge in [-0.2, -0.15) is 0 Å². The van der Waals surface area contributed by atoms with Crippen molar-refractivity contribution in [1.82, 2.24) is 0 Å². The van der Waals surface area contributed by atoms with Crippen molar-refractivity contribution in [2.24, 2.45) is 5.73 Å². The Balaban J connectivity index is 2.35. The summed E-state index contributed by atoms with van der Waals surface area (Å²) in [5.74, 6) is -0.0555. The third kappa shape index (κ3) is 3.43. The number of benzene rings is 2. The maximum atomic E-state index is 12.7. The van der Waals surface area contributed by atoms with E-state index in [0.29, 0.717) is 10.6 Å². The van der Waals surface area contributed by atoms with Crippen LogP contribution < -0.4 is 10.6 Å². The predicted molar refractivity (Wildman–Crippen MR) is 93.3 cm³/mol. The second-order valence-electron chi connectivity index (χ2n) is 4.48. The third-order valence-electron chi connectivity index (χ3n) is 3.16. The highest BCUT2D eigenvalue weighted by atomic mass is 32.2. The molecule has 0 bridgehead atoms. The second-order valence-corrected chi connectivity index (χ2v) is 5.77. The zero-order chi connectivity index (χ0) is 15.4. The summed E-state index contributed by atoms with van der Waals surface area (Å²) in [5.41, 5.74) is 7.84. The fraction of sp³-hybridized carbons (Fsp3) is 0.125. The molecular formula is C16H16N2OS2. The molecule has 0 aliphatic carbocycles. The summed E-state index contributed by atoms with van der Waals surface area (Å²) >= 11 is 6.53. The number of amides is 1. The lowest BCUT2D eigenvalue weighted by molar-refractivity contribution is 0.0990. The van der Waals surface area contributed by atoms with Gasteiger partial charge in [-0.15, -0.1) is 11.8 Å². The third-order valence-corrected chi connectivity index (χ3v) is 4.19. The number of nitrogens with two attached hydrogens (primary N) is 1. The van der Waals surface area contributed by atoms with Crippen LogP contribution in [0.4, 0.5) is 5.69 Å².